The molecule has 104 valence electrons. The van der Waals surface area contributed by atoms with Gasteiger partial charge in [0.25, 0.3) is 5.69 Å². The van der Waals surface area contributed by atoms with Crippen molar-refractivity contribution in [2.45, 2.75) is 19.3 Å². The number of halogens is 1. The minimum atomic E-state index is -0.500. The molecule has 1 saturated heterocycles. The van der Waals surface area contributed by atoms with Crippen LogP contribution in [0, 0.1) is 10.1 Å². The molecule has 5 nitrogen and oxygen atoms in total. The maximum atomic E-state index is 10.6. The molecule has 1 aliphatic heterocycles. The molecule has 6 heteroatoms. The second-order valence-electron chi connectivity index (χ2n) is 4.62. The number of nitrogens with zero attached hydrogens (tertiary/aromatic N) is 2. The SMILES string of the molecule is O=[N+]([O-])c1ccc(OCCN2CCCCC2)cc1Cl. The fourth-order valence-electron chi connectivity index (χ4n) is 2.20. The van der Waals surface area contributed by atoms with Crippen molar-refractivity contribution in [1.82, 2.24) is 4.90 Å². The normalized spacial score (nSPS) is 16.3. The van der Waals surface area contributed by atoms with Gasteiger partial charge in [0.1, 0.15) is 17.4 Å². The Kier molecular flexibility index (Phi) is 4.99. The van der Waals surface area contributed by atoms with Crippen LogP contribution in [0.3, 0.4) is 0 Å². The molecule has 2 rings (SSSR count). The quantitative estimate of drug-likeness (QED) is 0.616. The number of nitro benzene ring substituents is 1. The molecule has 19 heavy (non-hydrogen) atoms. The number of rotatable bonds is 5. The summed E-state index contributed by atoms with van der Waals surface area (Å²) in [7, 11) is 0. The molecule has 0 aliphatic carbocycles. The van der Waals surface area contributed by atoms with Crippen molar-refractivity contribution in [2.75, 3.05) is 26.2 Å². The molecule has 0 aromatic heterocycles. The number of hydrogen-bond acceptors (Lipinski definition) is 4. The predicted molar refractivity (Wildman–Crippen MR) is 73.9 cm³/mol. The van der Waals surface area contributed by atoms with Crippen LogP contribution in [0.2, 0.25) is 5.02 Å². The Morgan fingerprint density at radius 1 is 1.32 bits per heavy atom. The van der Waals surface area contributed by atoms with Gasteiger partial charge in [0, 0.05) is 18.7 Å². The molecule has 0 bridgehead atoms. The van der Waals surface area contributed by atoms with Gasteiger partial charge in [0.05, 0.1) is 4.92 Å². The van der Waals surface area contributed by atoms with Crippen molar-refractivity contribution >= 4 is 17.3 Å². The molecular weight excluding hydrogens is 268 g/mol. The van der Waals surface area contributed by atoms with Gasteiger partial charge in [0.2, 0.25) is 0 Å². The molecule has 1 aromatic rings. The first-order valence-corrected chi connectivity index (χ1v) is 6.84. The summed E-state index contributed by atoms with van der Waals surface area (Å²) >= 11 is 5.82. The van der Waals surface area contributed by atoms with Crippen LogP contribution >= 0.6 is 11.6 Å². The predicted octanol–water partition coefficient (Wildman–Crippen LogP) is 3.11. The third-order valence-electron chi connectivity index (χ3n) is 3.24. The highest BCUT2D eigenvalue weighted by atomic mass is 35.5. The second-order valence-corrected chi connectivity index (χ2v) is 5.03. The largest absolute Gasteiger partial charge is 0.492 e. The fraction of sp³-hybridized carbons (Fsp3) is 0.538. The van der Waals surface area contributed by atoms with Gasteiger partial charge in [0.15, 0.2) is 0 Å². The average Bonchev–Trinajstić information content (AvgIpc) is 2.39. The third-order valence-corrected chi connectivity index (χ3v) is 3.54. The molecule has 0 saturated carbocycles. The van der Waals surface area contributed by atoms with Crippen LogP contribution in [0.1, 0.15) is 19.3 Å². The van der Waals surface area contributed by atoms with Crippen LogP contribution < -0.4 is 4.74 Å². The molecule has 1 fully saturated rings. The van der Waals surface area contributed by atoms with Crippen LogP contribution in [0.25, 0.3) is 0 Å². The summed E-state index contributed by atoms with van der Waals surface area (Å²) in [5.41, 5.74) is -0.0925. The summed E-state index contributed by atoms with van der Waals surface area (Å²) in [4.78, 5) is 12.5. The maximum Gasteiger partial charge on any atom is 0.288 e. The number of hydrogen-bond donors (Lipinski definition) is 0. The summed E-state index contributed by atoms with van der Waals surface area (Å²) in [5, 5.41) is 10.7. The van der Waals surface area contributed by atoms with Crippen molar-refractivity contribution in [3.8, 4) is 5.75 Å². The highest BCUT2D eigenvalue weighted by molar-refractivity contribution is 6.32. The van der Waals surface area contributed by atoms with E-state index in [9.17, 15) is 10.1 Å². The van der Waals surface area contributed by atoms with Gasteiger partial charge in [-0.25, -0.2) is 0 Å². The van der Waals surface area contributed by atoms with Gasteiger partial charge in [-0.15, -0.1) is 0 Å². The van der Waals surface area contributed by atoms with Crippen molar-refractivity contribution in [1.29, 1.82) is 0 Å². The van der Waals surface area contributed by atoms with Crippen molar-refractivity contribution < 1.29 is 9.66 Å². The molecule has 1 heterocycles. The maximum absolute atomic E-state index is 10.6. The lowest BCUT2D eigenvalue weighted by Crippen LogP contribution is -2.33. The van der Waals surface area contributed by atoms with E-state index in [-0.39, 0.29) is 10.7 Å². The van der Waals surface area contributed by atoms with E-state index in [1.54, 1.807) is 6.07 Å². The zero-order valence-corrected chi connectivity index (χ0v) is 11.4. The van der Waals surface area contributed by atoms with Gasteiger partial charge in [-0.3, -0.25) is 15.0 Å². The molecule has 0 amide bonds. The molecule has 0 spiro atoms. The average molecular weight is 285 g/mol. The molecule has 0 atom stereocenters. The molecular formula is C13H17ClN2O3. The van der Waals surface area contributed by atoms with Gasteiger partial charge in [-0.1, -0.05) is 18.0 Å². The minimum Gasteiger partial charge on any atom is -0.492 e. The van der Waals surface area contributed by atoms with E-state index in [0.29, 0.717) is 12.4 Å². The lowest BCUT2D eigenvalue weighted by Gasteiger charge is -2.26. The molecule has 1 aliphatic rings. The number of piperidine rings is 1. The fourth-order valence-corrected chi connectivity index (χ4v) is 2.44. The van der Waals surface area contributed by atoms with Crippen LogP contribution in [0.4, 0.5) is 5.69 Å². The van der Waals surface area contributed by atoms with Crippen LogP contribution in [0.15, 0.2) is 18.2 Å². The number of benzene rings is 1. The second kappa shape index (κ2) is 6.73. The Morgan fingerprint density at radius 3 is 2.68 bits per heavy atom. The minimum absolute atomic E-state index is 0.0925. The molecule has 0 radical (unpaired) electrons. The van der Waals surface area contributed by atoms with Crippen LogP contribution in [0.5, 0.6) is 5.75 Å². The van der Waals surface area contributed by atoms with Crippen LogP contribution in [-0.2, 0) is 0 Å². The first-order valence-electron chi connectivity index (χ1n) is 6.46. The van der Waals surface area contributed by atoms with Gasteiger partial charge in [-0.2, -0.15) is 0 Å². The van der Waals surface area contributed by atoms with Gasteiger partial charge >= 0.3 is 0 Å². The standard InChI is InChI=1S/C13H17ClN2O3/c14-12-10-11(4-5-13(12)16(17)18)19-9-8-15-6-2-1-3-7-15/h4-5,10H,1-3,6-9H2. The Hall–Kier alpha value is -1.33. The highest BCUT2D eigenvalue weighted by Crippen LogP contribution is 2.28. The summed E-state index contributed by atoms with van der Waals surface area (Å²) in [6.45, 7) is 3.72. The highest BCUT2D eigenvalue weighted by Gasteiger charge is 2.13. The Bertz CT molecular complexity index is 448. The Morgan fingerprint density at radius 2 is 2.05 bits per heavy atom. The van der Waals surface area contributed by atoms with Crippen molar-refractivity contribution in [3.05, 3.63) is 33.3 Å². The Balaban J connectivity index is 1.82. The Labute approximate surface area is 117 Å². The van der Waals surface area contributed by atoms with E-state index in [2.05, 4.69) is 4.90 Å². The summed E-state index contributed by atoms with van der Waals surface area (Å²) in [6.07, 6.45) is 3.82. The summed E-state index contributed by atoms with van der Waals surface area (Å²) < 4.78 is 5.58. The number of likely N-dealkylation sites (tertiary alicyclic amines) is 1. The number of ether oxygens (including phenoxy) is 1. The zero-order valence-electron chi connectivity index (χ0n) is 10.7. The molecule has 0 N–H and O–H groups in total. The van der Waals surface area contributed by atoms with E-state index in [0.717, 1.165) is 19.6 Å². The number of nitro groups is 1. The lowest BCUT2D eigenvalue weighted by molar-refractivity contribution is -0.384. The molecule has 0 unspecified atom stereocenters. The van der Waals surface area contributed by atoms with E-state index >= 15 is 0 Å². The zero-order chi connectivity index (χ0) is 13.7. The molecule has 1 aromatic carbocycles. The third kappa shape index (κ3) is 4.08. The topological polar surface area (TPSA) is 55.6 Å². The smallest absolute Gasteiger partial charge is 0.288 e. The van der Waals surface area contributed by atoms with Crippen molar-refractivity contribution in [2.24, 2.45) is 0 Å². The van der Waals surface area contributed by atoms with E-state index in [1.165, 1.54) is 31.4 Å². The summed E-state index contributed by atoms with van der Waals surface area (Å²) in [6, 6.07) is 4.45. The lowest BCUT2D eigenvalue weighted by atomic mass is 10.1. The van der Waals surface area contributed by atoms with Gasteiger partial charge < -0.3 is 4.74 Å². The van der Waals surface area contributed by atoms with E-state index < -0.39 is 4.92 Å². The van der Waals surface area contributed by atoms with Gasteiger partial charge in [-0.05, 0) is 32.0 Å². The summed E-state index contributed by atoms with van der Waals surface area (Å²) in [5.74, 6) is 0.576. The first-order chi connectivity index (χ1) is 9.16. The van der Waals surface area contributed by atoms with E-state index in [1.807, 2.05) is 0 Å². The monoisotopic (exact) mass is 284 g/mol. The van der Waals surface area contributed by atoms with Crippen LogP contribution in [-0.4, -0.2) is 36.1 Å². The van der Waals surface area contributed by atoms with Crippen molar-refractivity contribution in [3.63, 3.8) is 0 Å². The first kappa shape index (κ1) is 14.1. The van der Waals surface area contributed by atoms with E-state index in [4.69, 9.17) is 16.3 Å².